The van der Waals surface area contributed by atoms with Gasteiger partial charge in [-0.25, -0.2) is 4.39 Å². The van der Waals surface area contributed by atoms with Crippen molar-refractivity contribution in [3.05, 3.63) is 65.2 Å². The van der Waals surface area contributed by atoms with Gasteiger partial charge in [-0.3, -0.25) is 9.78 Å². The maximum atomic E-state index is 12.9. The van der Waals surface area contributed by atoms with Crippen LogP contribution in [0.4, 0.5) is 17.6 Å². The van der Waals surface area contributed by atoms with Crippen LogP contribution < -0.4 is 0 Å². The van der Waals surface area contributed by atoms with Gasteiger partial charge in [0.05, 0.1) is 11.8 Å². The Labute approximate surface area is 112 Å². The second kappa shape index (κ2) is 5.40. The summed E-state index contributed by atoms with van der Waals surface area (Å²) in [6.07, 6.45) is -2.33. The first-order chi connectivity index (χ1) is 9.36. The van der Waals surface area contributed by atoms with Gasteiger partial charge >= 0.3 is 6.18 Å². The predicted octanol–water partition coefficient (Wildman–Crippen LogP) is 3.66. The highest BCUT2D eigenvalue weighted by Gasteiger charge is 2.29. The largest absolute Gasteiger partial charge is 0.416 e. The number of carbonyl (C=O) groups is 1. The van der Waals surface area contributed by atoms with Crippen LogP contribution in [0.3, 0.4) is 0 Å². The van der Waals surface area contributed by atoms with Gasteiger partial charge in [-0.05, 0) is 23.8 Å². The number of halogens is 4. The van der Waals surface area contributed by atoms with E-state index in [1.165, 1.54) is 18.3 Å². The monoisotopic (exact) mass is 283 g/mol. The van der Waals surface area contributed by atoms with E-state index >= 15 is 0 Å². The molecule has 0 aliphatic carbocycles. The molecular formula is C14H9F4NO. The molecule has 0 saturated carbocycles. The molecule has 2 aromatic rings. The molecule has 104 valence electrons. The smallest absolute Gasteiger partial charge is 0.294 e. The van der Waals surface area contributed by atoms with E-state index in [1.54, 1.807) is 0 Å². The van der Waals surface area contributed by atoms with Crippen molar-refractivity contribution in [1.82, 2.24) is 4.98 Å². The van der Waals surface area contributed by atoms with Crippen LogP contribution in [0.5, 0.6) is 0 Å². The Hall–Kier alpha value is -2.24. The molecule has 1 heterocycles. The van der Waals surface area contributed by atoms with Crippen molar-refractivity contribution in [1.29, 1.82) is 0 Å². The molecule has 0 atom stereocenters. The van der Waals surface area contributed by atoms with Crippen LogP contribution in [0.25, 0.3) is 0 Å². The zero-order valence-electron chi connectivity index (χ0n) is 10.1. The minimum Gasteiger partial charge on any atom is -0.294 e. The van der Waals surface area contributed by atoms with E-state index in [1.807, 2.05) is 0 Å². The molecule has 1 aromatic carbocycles. The van der Waals surface area contributed by atoms with E-state index in [9.17, 15) is 22.4 Å². The first-order valence-corrected chi connectivity index (χ1v) is 5.66. The fourth-order valence-electron chi connectivity index (χ4n) is 1.66. The van der Waals surface area contributed by atoms with Gasteiger partial charge in [0.15, 0.2) is 5.78 Å². The zero-order valence-corrected chi connectivity index (χ0v) is 10.1. The summed E-state index contributed by atoms with van der Waals surface area (Å²) in [5.74, 6) is -1.04. The maximum Gasteiger partial charge on any atom is 0.416 e. The standard InChI is InChI=1S/C14H9F4NO/c15-12-6-10(7-19-8-12)13(20)5-9-1-3-11(4-2-9)14(16,17)18/h1-4,6-8H,5H2. The molecule has 0 fully saturated rings. The summed E-state index contributed by atoms with van der Waals surface area (Å²) in [5, 5.41) is 0. The van der Waals surface area contributed by atoms with Crippen LogP contribution in [0, 0.1) is 5.82 Å². The predicted molar refractivity (Wildman–Crippen MR) is 63.7 cm³/mol. The number of rotatable bonds is 3. The second-order valence-electron chi connectivity index (χ2n) is 4.19. The molecule has 6 heteroatoms. The van der Waals surface area contributed by atoms with Crippen molar-refractivity contribution in [2.24, 2.45) is 0 Å². The van der Waals surface area contributed by atoms with Gasteiger partial charge in [0.1, 0.15) is 5.82 Å². The first-order valence-electron chi connectivity index (χ1n) is 5.66. The molecule has 0 unspecified atom stereocenters. The van der Waals surface area contributed by atoms with Crippen molar-refractivity contribution < 1.29 is 22.4 Å². The highest BCUT2D eigenvalue weighted by atomic mass is 19.4. The Balaban J connectivity index is 2.12. The van der Waals surface area contributed by atoms with E-state index in [0.29, 0.717) is 5.56 Å². The fourth-order valence-corrected chi connectivity index (χ4v) is 1.66. The lowest BCUT2D eigenvalue weighted by Gasteiger charge is -2.07. The lowest BCUT2D eigenvalue weighted by Crippen LogP contribution is -2.07. The van der Waals surface area contributed by atoms with Gasteiger partial charge in [0, 0.05) is 18.2 Å². The van der Waals surface area contributed by atoms with Crippen molar-refractivity contribution in [2.75, 3.05) is 0 Å². The molecule has 0 spiro atoms. The summed E-state index contributed by atoms with van der Waals surface area (Å²) in [6, 6.07) is 5.32. The molecular weight excluding hydrogens is 274 g/mol. The molecule has 0 aliphatic rings. The summed E-state index contributed by atoms with van der Waals surface area (Å²) in [4.78, 5) is 15.4. The average Bonchev–Trinajstić information content (AvgIpc) is 2.38. The number of hydrogen-bond donors (Lipinski definition) is 0. The maximum absolute atomic E-state index is 12.9. The number of aromatic nitrogens is 1. The first kappa shape index (κ1) is 14.2. The lowest BCUT2D eigenvalue weighted by molar-refractivity contribution is -0.137. The molecule has 0 radical (unpaired) electrons. The molecule has 2 nitrogen and oxygen atoms in total. The van der Waals surface area contributed by atoms with E-state index in [0.717, 1.165) is 24.4 Å². The number of Topliss-reactive ketones (excluding diaryl/α,β-unsaturated/α-hetero) is 1. The number of alkyl halides is 3. The summed E-state index contributed by atoms with van der Waals surface area (Å²) in [7, 11) is 0. The lowest BCUT2D eigenvalue weighted by atomic mass is 10.0. The topological polar surface area (TPSA) is 30.0 Å². The highest BCUT2D eigenvalue weighted by Crippen LogP contribution is 2.29. The Morgan fingerprint density at radius 3 is 2.30 bits per heavy atom. The van der Waals surface area contributed by atoms with E-state index in [2.05, 4.69) is 4.98 Å². The molecule has 20 heavy (non-hydrogen) atoms. The molecule has 0 bridgehead atoms. The third-order valence-corrected chi connectivity index (χ3v) is 2.67. The van der Waals surface area contributed by atoms with Crippen LogP contribution in [0.1, 0.15) is 21.5 Å². The van der Waals surface area contributed by atoms with Gasteiger partial charge in [-0.2, -0.15) is 13.2 Å². The summed E-state index contributed by atoms with van der Waals surface area (Å²) >= 11 is 0. The van der Waals surface area contributed by atoms with Crippen molar-refractivity contribution >= 4 is 5.78 Å². The van der Waals surface area contributed by atoms with Crippen molar-refractivity contribution in [2.45, 2.75) is 12.6 Å². The number of ketones is 1. The fraction of sp³-hybridized carbons (Fsp3) is 0.143. The van der Waals surface area contributed by atoms with Crippen LogP contribution in [-0.2, 0) is 12.6 Å². The van der Waals surface area contributed by atoms with E-state index in [-0.39, 0.29) is 12.0 Å². The normalized spacial score (nSPS) is 11.4. The Morgan fingerprint density at radius 1 is 1.10 bits per heavy atom. The van der Waals surface area contributed by atoms with Gasteiger partial charge in [-0.15, -0.1) is 0 Å². The number of benzene rings is 1. The molecule has 1 aromatic heterocycles. The number of hydrogen-bond acceptors (Lipinski definition) is 2. The second-order valence-corrected chi connectivity index (χ2v) is 4.19. The van der Waals surface area contributed by atoms with Gasteiger partial charge in [0.2, 0.25) is 0 Å². The summed E-state index contributed by atoms with van der Waals surface area (Å²) in [5.41, 5.74) is -0.265. The average molecular weight is 283 g/mol. The van der Waals surface area contributed by atoms with Gasteiger partial charge < -0.3 is 0 Å². The summed E-state index contributed by atoms with van der Waals surface area (Å²) < 4.78 is 50.0. The van der Waals surface area contributed by atoms with Crippen LogP contribution in [0.2, 0.25) is 0 Å². The minimum atomic E-state index is -4.41. The van der Waals surface area contributed by atoms with E-state index in [4.69, 9.17) is 0 Å². The number of carbonyl (C=O) groups excluding carboxylic acids is 1. The SMILES string of the molecule is O=C(Cc1ccc(C(F)(F)F)cc1)c1cncc(F)c1. The van der Waals surface area contributed by atoms with Crippen LogP contribution in [-0.4, -0.2) is 10.8 Å². The highest BCUT2D eigenvalue weighted by molar-refractivity contribution is 5.97. The Kier molecular flexibility index (Phi) is 3.83. The third kappa shape index (κ3) is 3.40. The van der Waals surface area contributed by atoms with Gasteiger partial charge in [0.25, 0.3) is 0 Å². The molecule has 0 aliphatic heterocycles. The Bertz CT molecular complexity index is 620. The Morgan fingerprint density at radius 2 is 1.75 bits per heavy atom. The minimum absolute atomic E-state index is 0.0879. The van der Waals surface area contributed by atoms with E-state index < -0.39 is 23.3 Å². The third-order valence-electron chi connectivity index (χ3n) is 2.67. The molecule has 0 saturated heterocycles. The van der Waals surface area contributed by atoms with Crippen molar-refractivity contribution in [3.8, 4) is 0 Å². The van der Waals surface area contributed by atoms with Crippen molar-refractivity contribution in [3.63, 3.8) is 0 Å². The van der Waals surface area contributed by atoms with Gasteiger partial charge in [-0.1, -0.05) is 12.1 Å². The number of pyridine rings is 1. The summed E-state index contributed by atoms with van der Waals surface area (Å²) in [6.45, 7) is 0. The van der Waals surface area contributed by atoms with Crippen LogP contribution >= 0.6 is 0 Å². The molecule has 0 N–H and O–H groups in total. The quantitative estimate of drug-likeness (QED) is 0.635. The zero-order chi connectivity index (χ0) is 14.8. The molecule has 0 amide bonds. The number of nitrogens with zero attached hydrogens (tertiary/aromatic N) is 1. The molecule has 2 rings (SSSR count). The van der Waals surface area contributed by atoms with Crippen LogP contribution in [0.15, 0.2) is 42.7 Å².